The smallest absolute Gasteiger partial charge is 1.00 e. The first kappa shape index (κ1) is 33.0. The second-order valence-electron chi connectivity index (χ2n) is 8.09. The van der Waals surface area contributed by atoms with E-state index in [2.05, 4.69) is 65.6 Å². The summed E-state index contributed by atoms with van der Waals surface area (Å²) in [6.07, 6.45) is 0. The van der Waals surface area contributed by atoms with Crippen LogP contribution >= 0.6 is 16.1 Å². The standard InChI is InChI=1S/C21H35N5P2.2ClH.Mn/c1-14(2)27(15(3)4)25-20-22-19(18-12-10-9-11-13-18)23-21(24-20)26-28(16(5)6)17(7)8;;;/h9-17H,1-8H3,(H2,22,23,24,25,26);2*1H;/q;;;+2/p-2. The monoisotopic (exact) mass is 544 g/mol. The zero-order chi connectivity index (χ0) is 20.8. The van der Waals surface area contributed by atoms with Crippen LogP contribution in [0.1, 0.15) is 55.4 Å². The van der Waals surface area contributed by atoms with Gasteiger partial charge in [0.1, 0.15) is 0 Å². The van der Waals surface area contributed by atoms with E-state index in [0.717, 1.165) is 5.56 Å². The molecule has 1 aromatic carbocycles. The predicted octanol–water partition coefficient (Wildman–Crippen LogP) is 0.795. The fourth-order valence-electron chi connectivity index (χ4n) is 3.13. The van der Waals surface area contributed by atoms with Gasteiger partial charge in [-0.3, -0.25) is 0 Å². The first-order valence-electron chi connectivity index (χ1n) is 10.1. The van der Waals surface area contributed by atoms with Crippen LogP contribution in [0.3, 0.4) is 0 Å². The number of hydrogen-bond donors (Lipinski definition) is 2. The quantitative estimate of drug-likeness (QED) is 0.361. The second-order valence-corrected chi connectivity index (χ2v) is 14.3. The van der Waals surface area contributed by atoms with Crippen molar-refractivity contribution in [1.82, 2.24) is 15.0 Å². The van der Waals surface area contributed by atoms with E-state index in [9.17, 15) is 0 Å². The molecule has 175 valence electrons. The molecule has 2 rings (SSSR count). The third-order valence-electron chi connectivity index (χ3n) is 4.35. The van der Waals surface area contributed by atoms with E-state index >= 15 is 0 Å². The zero-order valence-corrected chi connectivity index (χ0v) is 24.0. The Labute approximate surface area is 214 Å². The molecule has 0 amide bonds. The number of nitrogens with zero attached hydrogens (tertiary/aromatic N) is 3. The fraction of sp³-hybridized carbons (Fsp3) is 0.571. The molecule has 0 saturated heterocycles. The Morgan fingerprint density at radius 2 is 0.968 bits per heavy atom. The van der Waals surface area contributed by atoms with Crippen molar-refractivity contribution in [2.75, 3.05) is 10.2 Å². The molecule has 1 radical (unpaired) electrons. The molecule has 0 aliphatic heterocycles. The number of rotatable bonds is 9. The van der Waals surface area contributed by atoms with Crippen LogP contribution in [-0.4, -0.2) is 37.6 Å². The van der Waals surface area contributed by atoms with Crippen molar-refractivity contribution >= 4 is 28.0 Å². The first-order valence-corrected chi connectivity index (χ1v) is 13.1. The van der Waals surface area contributed by atoms with Crippen molar-refractivity contribution in [2.24, 2.45) is 0 Å². The van der Waals surface area contributed by atoms with Crippen LogP contribution in [0, 0.1) is 0 Å². The van der Waals surface area contributed by atoms with Gasteiger partial charge >= 0.3 is 17.1 Å². The molecule has 2 N–H and O–H groups in total. The van der Waals surface area contributed by atoms with E-state index in [1.807, 2.05) is 30.3 Å². The normalized spacial score (nSPS) is 10.9. The Kier molecular flexibility index (Phi) is 16.6. The summed E-state index contributed by atoms with van der Waals surface area (Å²) < 4.78 is 0. The van der Waals surface area contributed by atoms with E-state index in [1.54, 1.807) is 0 Å². The second kappa shape index (κ2) is 15.6. The van der Waals surface area contributed by atoms with E-state index in [1.165, 1.54) is 0 Å². The fourth-order valence-corrected chi connectivity index (χ4v) is 7.21. The maximum absolute atomic E-state index is 4.76. The Morgan fingerprint density at radius 1 is 0.613 bits per heavy atom. The molecule has 0 unspecified atom stereocenters. The van der Waals surface area contributed by atoms with Crippen LogP contribution in [-0.2, 0) is 17.1 Å². The Bertz CT molecular complexity index is 696. The van der Waals surface area contributed by atoms with Gasteiger partial charge in [-0.15, -0.1) is 0 Å². The van der Waals surface area contributed by atoms with E-state index in [4.69, 9.17) is 15.0 Å². The van der Waals surface area contributed by atoms with Crippen molar-refractivity contribution in [2.45, 2.75) is 78.0 Å². The van der Waals surface area contributed by atoms with Crippen molar-refractivity contribution < 1.29 is 41.9 Å². The molecule has 5 nitrogen and oxygen atoms in total. The number of aromatic nitrogens is 3. The molecule has 2 aromatic rings. The van der Waals surface area contributed by atoms with Gasteiger partial charge in [-0.25, -0.2) is 0 Å². The van der Waals surface area contributed by atoms with E-state index in [-0.39, 0.29) is 41.9 Å². The molecule has 0 bridgehead atoms. The molecule has 0 aliphatic rings. The van der Waals surface area contributed by atoms with Gasteiger partial charge in [0.25, 0.3) is 0 Å². The van der Waals surface area contributed by atoms with Crippen LogP contribution in [0.15, 0.2) is 30.3 Å². The molecule has 0 saturated carbocycles. The number of nitrogens with one attached hydrogen (secondary N) is 2. The third kappa shape index (κ3) is 10.1. The first-order chi connectivity index (χ1) is 13.2. The molecule has 0 aliphatic carbocycles. The minimum atomic E-state index is -0.419. The van der Waals surface area contributed by atoms with Crippen molar-refractivity contribution in [3.63, 3.8) is 0 Å². The average molecular weight is 545 g/mol. The molecule has 1 heterocycles. The zero-order valence-electron chi connectivity index (χ0n) is 19.6. The maximum Gasteiger partial charge on any atom is 2.00 e. The van der Waals surface area contributed by atoms with Gasteiger partial charge in [0.05, 0.1) is 0 Å². The van der Waals surface area contributed by atoms with Gasteiger partial charge in [0, 0.05) is 5.56 Å². The summed E-state index contributed by atoms with van der Waals surface area (Å²) in [6.45, 7) is 18.1. The van der Waals surface area contributed by atoms with Crippen molar-refractivity contribution in [3.05, 3.63) is 30.3 Å². The predicted molar refractivity (Wildman–Crippen MR) is 127 cm³/mol. The summed E-state index contributed by atoms with van der Waals surface area (Å²) in [7, 11) is -0.838. The minimum absolute atomic E-state index is 0. The minimum Gasteiger partial charge on any atom is -1.00 e. The van der Waals surface area contributed by atoms with Crippen LogP contribution in [0.2, 0.25) is 0 Å². The van der Waals surface area contributed by atoms with Gasteiger partial charge < -0.3 is 35.0 Å². The third-order valence-corrected chi connectivity index (χ3v) is 9.72. The van der Waals surface area contributed by atoms with Gasteiger partial charge in [-0.05, 0) is 38.8 Å². The number of halogens is 2. The van der Waals surface area contributed by atoms with Crippen LogP contribution in [0.25, 0.3) is 11.4 Å². The average Bonchev–Trinajstić information content (AvgIpc) is 2.63. The Hall–Kier alpha value is -0.211. The van der Waals surface area contributed by atoms with Crippen molar-refractivity contribution in [3.8, 4) is 11.4 Å². The molecule has 10 heteroatoms. The van der Waals surface area contributed by atoms with Crippen LogP contribution in [0.4, 0.5) is 11.9 Å². The molecule has 0 spiro atoms. The van der Waals surface area contributed by atoms with Crippen LogP contribution in [0.5, 0.6) is 0 Å². The summed E-state index contributed by atoms with van der Waals surface area (Å²) in [5, 5.41) is 7.26. The van der Waals surface area contributed by atoms with Gasteiger partial charge in [-0.2, -0.15) is 15.0 Å². The largest absolute Gasteiger partial charge is 2.00 e. The molecule has 0 fully saturated rings. The summed E-state index contributed by atoms with van der Waals surface area (Å²) in [5.41, 5.74) is 3.20. The summed E-state index contributed by atoms with van der Waals surface area (Å²) in [5.74, 6) is 2.06. The maximum atomic E-state index is 4.76. The molecule has 1 aromatic heterocycles. The summed E-state index contributed by atoms with van der Waals surface area (Å²) in [6, 6.07) is 10.1. The van der Waals surface area contributed by atoms with Crippen molar-refractivity contribution in [1.29, 1.82) is 0 Å². The summed E-state index contributed by atoms with van der Waals surface area (Å²) in [4.78, 5) is 14.3. The van der Waals surface area contributed by atoms with Crippen LogP contribution < -0.4 is 35.0 Å². The Morgan fingerprint density at radius 3 is 1.29 bits per heavy atom. The van der Waals surface area contributed by atoms with E-state index < -0.39 is 16.1 Å². The molecular formula is C21H35Cl2MnN5P2. The number of hydrogen-bond acceptors (Lipinski definition) is 5. The molecule has 0 atom stereocenters. The van der Waals surface area contributed by atoms with Gasteiger partial charge in [-0.1, -0.05) is 85.7 Å². The SMILES string of the molecule is CC(C)P(Nc1nc(NP(C(C)C)C(C)C)nc(-c2ccccc2)n1)C(C)C.[Cl-].[Cl-].[Mn+2]. The van der Waals surface area contributed by atoms with Gasteiger partial charge in [0.15, 0.2) is 5.82 Å². The number of anilines is 2. The molecule has 31 heavy (non-hydrogen) atoms. The van der Waals surface area contributed by atoms with E-state index in [0.29, 0.717) is 40.4 Å². The molecular weight excluding hydrogens is 510 g/mol. The summed E-state index contributed by atoms with van der Waals surface area (Å²) >= 11 is 0. The Balaban J connectivity index is 0. The van der Waals surface area contributed by atoms with Gasteiger partial charge in [0.2, 0.25) is 11.9 Å². The number of benzene rings is 1. The topological polar surface area (TPSA) is 62.7 Å².